The Morgan fingerprint density at radius 2 is 1.88 bits per heavy atom. The summed E-state index contributed by atoms with van der Waals surface area (Å²) in [6, 6.07) is 10.3. The average Bonchev–Trinajstić information content (AvgIpc) is 2.31. The number of hydrogen-bond donors (Lipinski definition) is 2. The highest BCUT2D eigenvalue weighted by atomic mass is 15.0. The van der Waals surface area contributed by atoms with E-state index in [0.29, 0.717) is 6.54 Å². The third-order valence-corrected chi connectivity index (χ3v) is 3.00. The second-order valence-electron chi connectivity index (χ2n) is 4.71. The van der Waals surface area contributed by atoms with Crippen LogP contribution in [0.1, 0.15) is 39.5 Å². The van der Waals surface area contributed by atoms with Crippen molar-refractivity contribution in [1.29, 1.82) is 0 Å². The zero-order valence-electron chi connectivity index (χ0n) is 10.5. The van der Waals surface area contributed by atoms with Gasteiger partial charge in [0.15, 0.2) is 0 Å². The summed E-state index contributed by atoms with van der Waals surface area (Å²) in [7, 11) is 0. The lowest BCUT2D eigenvalue weighted by molar-refractivity contribution is 0.455. The van der Waals surface area contributed by atoms with Crippen LogP contribution in [0.4, 0.5) is 5.69 Å². The highest BCUT2D eigenvalue weighted by Crippen LogP contribution is 2.20. The van der Waals surface area contributed by atoms with Crippen LogP contribution in [0, 0.1) is 0 Å². The minimum Gasteiger partial charge on any atom is -0.379 e. The molecule has 0 saturated carbocycles. The molecule has 0 saturated heterocycles. The molecule has 90 valence electrons. The Morgan fingerprint density at radius 3 is 2.44 bits per heavy atom. The third kappa shape index (κ3) is 4.23. The van der Waals surface area contributed by atoms with E-state index in [0.717, 1.165) is 12.1 Å². The lowest BCUT2D eigenvalue weighted by Crippen LogP contribution is -2.42. The maximum absolute atomic E-state index is 5.87. The van der Waals surface area contributed by atoms with Crippen molar-refractivity contribution in [3.63, 3.8) is 0 Å². The van der Waals surface area contributed by atoms with E-state index in [2.05, 4.69) is 31.3 Å². The Labute approximate surface area is 99.2 Å². The number of nitrogens with two attached hydrogens (primary N) is 1. The molecule has 0 aromatic heterocycles. The van der Waals surface area contributed by atoms with Crippen LogP contribution in [0.5, 0.6) is 0 Å². The topological polar surface area (TPSA) is 38.0 Å². The van der Waals surface area contributed by atoms with E-state index in [1.165, 1.54) is 19.3 Å². The van der Waals surface area contributed by atoms with Gasteiger partial charge in [-0.25, -0.2) is 0 Å². The zero-order valence-corrected chi connectivity index (χ0v) is 10.5. The molecule has 0 radical (unpaired) electrons. The molecule has 1 aromatic rings. The molecule has 0 aliphatic heterocycles. The van der Waals surface area contributed by atoms with Crippen LogP contribution in [-0.4, -0.2) is 12.1 Å². The van der Waals surface area contributed by atoms with Gasteiger partial charge in [-0.3, -0.25) is 0 Å². The molecule has 0 heterocycles. The number of hydrogen-bond acceptors (Lipinski definition) is 2. The molecule has 1 rings (SSSR count). The minimum absolute atomic E-state index is 0.0243. The lowest BCUT2D eigenvalue weighted by atomic mass is 9.94. The first kappa shape index (κ1) is 13.0. The monoisotopic (exact) mass is 220 g/mol. The number of anilines is 1. The quantitative estimate of drug-likeness (QED) is 0.691. The molecular formula is C14H24N2. The van der Waals surface area contributed by atoms with E-state index < -0.39 is 0 Å². The summed E-state index contributed by atoms with van der Waals surface area (Å²) >= 11 is 0. The molecule has 2 nitrogen and oxygen atoms in total. The molecular weight excluding hydrogens is 196 g/mol. The predicted molar refractivity (Wildman–Crippen MR) is 71.7 cm³/mol. The fourth-order valence-corrected chi connectivity index (χ4v) is 1.85. The van der Waals surface area contributed by atoms with Crippen molar-refractivity contribution < 1.29 is 0 Å². The molecule has 0 fully saturated rings. The summed E-state index contributed by atoms with van der Waals surface area (Å²) in [5, 5.41) is 3.54. The summed E-state index contributed by atoms with van der Waals surface area (Å²) in [5.41, 5.74) is 7.06. The van der Waals surface area contributed by atoms with Crippen LogP contribution in [0.3, 0.4) is 0 Å². The number of para-hydroxylation sites is 1. The Balaban J connectivity index is 2.52. The van der Waals surface area contributed by atoms with E-state index in [1.807, 2.05) is 18.2 Å². The summed E-state index contributed by atoms with van der Waals surface area (Å²) in [6.45, 7) is 5.10. The van der Waals surface area contributed by atoms with Gasteiger partial charge in [-0.2, -0.15) is 0 Å². The predicted octanol–water partition coefficient (Wildman–Crippen LogP) is 3.40. The highest BCUT2D eigenvalue weighted by molar-refractivity contribution is 5.45. The molecule has 1 atom stereocenters. The van der Waals surface area contributed by atoms with E-state index in [1.54, 1.807) is 0 Å². The first-order valence-electron chi connectivity index (χ1n) is 6.23. The summed E-state index contributed by atoms with van der Waals surface area (Å²) in [4.78, 5) is 0. The number of unbranched alkanes of at least 4 members (excludes halogenated alkanes) is 2. The molecule has 0 spiro atoms. The van der Waals surface area contributed by atoms with E-state index in [9.17, 15) is 0 Å². The van der Waals surface area contributed by atoms with Crippen LogP contribution in [0.2, 0.25) is 0 Å². The van der Waals surface area contributed by atoms with Crippen molar-refractivity contribution in [3.8, 4) is 0 Å². The molecule has 0 aliphatic carbocycles. The second-order valence-corrected chi connectivity index (χ2v) is 4.71. The van der Waals surface area contributed by atoms with E-state index in [4.69, 9.17) is 5.73 Å². The Morgan fingerprint density at radius 1 is 1.19 bits per heavy atom. The zero-order chi connectivity index (χ0) is 11.9. The fraction of sp³-hybridized carbons (Fsp3) is 0.571. The smallest absolute Gasteiger partial charge is 0.0467 e. The first-order chi connectivity index (χ1) is 7.70. The molecule has 1 unspecified atom stereocenters. The van der Waals surface area contributed by atoms with Gasteiger partial charge in [0.1, 0.15) is 0 Å². The summed E-state index contributed by atoms with van der Waals surface area (Å²) < 4.78 is 0. The van der Waals surface area contributed by atoms with Crippen LogP contribution < -0.4 is 11.1 Å². The second kappa shape index (κ2) is 6.54. The van der Waals surface area contributed by atoms with Crippen molar-refractivity contribution in [1.82, 2.24) is 0 Å². The minimum atomic E-state index is 0.0243. The average molecular weight is 220 g/mol. The molecule has 3 N–H and O–H groups in total. The lowest BCUT2D eigenvalue weighted by Gasteiger charge is -2.30. The standard InChI is InChI=1S/C14H24N2/c1-3-4-8-11-14(2,12-15)16-13-9-6-5-7-10-13/h5-7,9-10,16H,3-4,8,11-12,15H2,1-2H3. The number of nitrogens with one attached hydrogen (secondary N) is 1. The number of rotatable bonds is 7. The van der Waals surface area contributed by atoms with Gasteiger partial charge in [0.2, 0.25) is 0 Å². The van der Waals surface area contributed by atoms with Gasteiger partial charge in [-0.1, -0.05) is 44.4 Å². The van der Waals surface area contributed by atoms with Gasteiger partial charge in [0, 0.05) is 17.8 Å². The van der Waals surface area contributed by atoms with Crippen molar-refractivity contribution in [2.45, 2.75) is 45.1 Å². The van der Waals surface area contributed by atoms with Gasteiger partial charge < -0.3 is 11.1 Å². The van der Waals surface area contributed by atoms with Gasteiger partial charge >= 0.3 is 0 Å². The van der Waals surface area contributed by atoms with Gasteiger partial charge in [0.05, 0.1) is 0 Å². The summed E-state index contributed by atoms with van der Waals surface area (Å²) in [6.07, 6.45) is 4.91. The van der Waals surface area contributed by atoms with Gasteiger partial charge in [0.25, 0.3) is 0 Å². The normalized spacial score (nSPS) is 14.4. The maximum atomic E-state index is 5.87. The Bertz CT molecular complexity index is 284. The largest absolute Gasteiger partial charge is 0.379 e. The molecule has 0 amide bonds. The molecule has 16 heavy (non-hydrogen) atoms. The Kier molecular flexibility index (Phi) is 5.33. The summed E-state index contributed by atoms with van der Waals surface area (Å²) in [5.74, 6) is 0. The van der Waals surface area contributed by atoms with Crippen molar-refractivity contribution >= 4 is 5.69 Å². The first-order valence-corrected chi connectivity index (χ1v) is 6.23. The number of benzene rings is 1. The van der Waals surface area contributed by atoms with Crippen LogP contribution >= 0.6 is 0 Å². The molecule has 1 aromatic carbocycles. The van der Waals surface area contributed by atoms with E-state index in [-0.39, 0.29) is 5.54 Å². The SMILES string of the molecule is CCCCCC(C)(CN)Nc1ccccc1. The fourth-order valence-electron chi connectivity index (χ4n) is 1.85. The van der Waals surface area contributed by atoms with Gasteiger partial charge in [-0.15, -0.1) is 0 Å². The van der Waals surface area contributed by atoms with Crippen LogP contribution in [0.25, 0.3) is 0 Å². The van der Waals surface area contributed by atoms with E-state index >= 15 is 0 Å². The Hall–Kier alpha value is -1.02. The van der Waals surface area contributed by atoms with Crippen molar-refractivity contribution in [2.75, 3.05) is 11.9 Å². The molecule has 2 heteroatoms. The maximum Gasteiger partial charge on any atom is 0.0467 e. The van der Waals surface area contributed by atoms with Crippen LogP contribution in [0.15, 0.2) is 30.3 Å². The van der Waals surface area contributed by atoms with Crippen LogP contribution in [-0.2, 0) is 0 Å². The van der Waals surface area contributed by atoms with Crippen molar-refractivity contribution in [2.24, 2.45) is 5.73 Å². The van der Waals surface area contributed by atoms with Crippen molar-refractivity contribution in [3.05, 3.63) is 30.3 Å². The molecule has 0 bridgehead atoms. The highest BCUT2D eigenvalue weighted by Gasteiger charge is 2.21. The molecule has 0 aliphatic rings. The van der Waals surface area contributed by atoms with Gasteiger partial charge in [-0.05, 0) is 25.5 Å². The third-order valence-electron chi connectivity index (χ3n) is 3.00.